The molecule has 2 aromatic rings. The molecule has 0 spiro atoms. The number of likely N-dealkylation sites (N-methyl/N-ethyl adjacent to an activating group) is 1. The number of furan rings is 1. The fraction of sp³-hybridized carbons (Fsp3) is 0.467. The number of piperazine rings is 1. The summed E-state index contributed by atoms with van der Waals surface area (Å²) in [7, 11) is 0. The number of aromatic nitrogens is 2. The van der Waals surface area contributed by atoms with Crippen LogP contribution in [0.25, 0.3) is 0 Å². The number of imidazole rings is 1. The highest BCUT2D eigenvalue weighted by molar-refractivity contribution is 5.78. The Hall–Kier alpha value is -2.08. The highest BCUT2D eigenvalue weighted by Crippen LogP contribution is 2.23. The average molecular weight is 288 g/mol. The van der Waals surface area contributed by atoms with Crippen LogP contribution < -0.4 is 0 Å². The van der Waals surface area contributed by atoms with Gasteiger partial charge in [-0.3, -0.25) is 9.69 Å². The van der Waals surface area contributed by atoms with E-state index >= 15 is 0 Å². The number of hydrogen-bond donors (Lipinski definition) is 1. The van der Waals surface area contributed by atoms with Crippen molar-refractivity contribution in [2.75, 3.05) is 26.2 Å². The van der Waals surface area contributed by atoms with Crippen molar-refractivity contribution in [1.29, 1.82) is 0 Å². The van der Waals surface area contributed by atoms with Gasteiger partial charge < -0.3 is 14.3 Å². The summed E-state index contributed by atoms with van der Waals surface area (Å²) < 4.78 is 5.02. The maximum Gasteiger partial charge on any atom is 0.227 e. The summed E-state index contributed by atoms with van der Waals surface area (Å²) in [5.74, 6) is 1.07. The number of amides is 1. The molecule has 6 heteroatoms. The van der Waals surface area contributed by atoms with E-state index in [0.29, 0.717) is 13.0 Å². The Morgan fingerprint density at radius 1 is 1.52 bits per heavy atom. The Morgan fingerprint density at radius 2 is 2.43 bits per heavy atom. The van der Waals surface area contributed by atoms with Gasteiger partial charge in [0.05, 0.1) is 25.0 Å². The molecule has 0 saturated carbocycles. The van der Waals surface area contributed by atoms with Crippen molar-refractivity contribution in [3.8, 4) is 0 Å². The van der Waals surface area contributed by atoms with Crippen LogP contribution in [0.5, 0.6) is 0 Å². The first-order chi connectivity index (χ1) is 10.3. The van der Waals surface area contributed by atoms with Gasteiger partial charge in [0.2, 0.25) is 5.91 Å². The maximum absolute atomic E-state index is 12.4. The number of hydrogen-bond acceptors (Lipinski definition) is 4. The second kappa shape index (κ2) is 6.13. The van der Waals surface area contributed by atoms with Crippen molar-refractivity contribution >= 4 is 5.91 Å². The third kappa shape index (κ3) is 3.00. The van der Waals surface area contributed by atoms with Gasteiger partial charge in [0.25, 0.3) is 0 Å². The minimum absolute atomic E-state index is 0.142. The van der Waals surface area contributed by atoms with Crippen molar-refractivity contribution in [2.45, 2.75) is 19.4 Å². The molecule has 21 heavy (non-hydrogen) atoms. The fourth-order valence-electron chi connectivity index (χ4n) is 2.82. The Balaban J connectivity index is 1.69. The van der Waals surface area contributed by atoms with Crippen molar-refractivity contribution < 1.29 is 9.21 Å². The molecule has 0 aliphatic carbocycles. The van der Waals surface area contributed by atoms with Gasteiger partial charge in [-0.2, -0.15) is 0 Å². The van der Waals surface area contributed by atoms with E-state index in [2.05, 4.69) is 21.8 Å². The molecule has 3 rings (SSSR count). The van der Waals surface area contributed by atoms with E-state index in [1.807, 2.05) is 17.2 Å². The molecule has 6 nitrogen and oxygen atoms in total. The predicted molar refractivity (Wildman–Crippen MR) is 77.6 cm³/mol. The van der Waals surface area contributed by atoms with Gasteiger partial charge in [-0.05, 0) is 18.2 Å². The molecule has 0 radical (unpaired) electrons. The van der Waals surface area contributed by atoms with E-state index in [1.54, 1.807) is 18.7 Å². The molecule has 2 aromatic heterocycles. The summed E-state index contributed by atoms with van der Waals surface area (Å²) >= 11 is 0. The SMILES string of the molecule is CCN1CCN(C(=O)Cc2ccoc2)CC1c1ncc[nH]1. The number of nitrogens with one attached hydrogen (secondary N) is 1. The third-order valence-corrected chi connectivity index (χ3v) is 4.02. The molecule has 1 N–H and O–H groups in total. The second-order valence-corrected chi connectivity index (χ2v) is 5.27. The summed E-state index contributed by atoms with van der Waals surface area (Å²) in [4.78, 5) is 24.2. The first-order valence-corrected chi connectivity index (χ1v) is 7.30. The topological polar surface area (TPSA) is 65.4 Å². The van der Waals surface area contributed by atoms with Gasteiger partial charge in [0.1, 0.15) is 5.82 Å². The van der Waals surface area contributed by atoms with Crippen LogP contribution in [-0.4, -0.2) is 51.9 Å². The van der Waals surface area contributed by atoms with E-state index in [0.717, 1.165) is 31.0 Å². The number of carbonyl (C=O) groups excluding carboxylic acids is 1. The van der Waals surface area contributed by atoms with E-state index in [-0.39, 0.29) is 11.9 Å². The zero-order valence-electron chi connectivity index (χ0n) is 12.2. The highest BCUT2D eigenvalue weighted by atomic mass is 16.3. The van der Waals surface area contributed by atoms with Gasteiger partial charge in [-0.15, -0.1) is 0 Å². The minimum Gasteiger partial charge on any atom is -0.472 e. The summed E-state index contributed by atoms with van der Waals surface area (Å²) in [6.45, 7) is 5.41. The molecule has 112 valence electrons. The van der Waals surface area contributed by atoms with Gasteiger partial charge in [0, 0.05) is 32.0 Å². The summed E-state index contributed by atoms with van der Waals surface area (Å²) in [6.07, 6.45) is 7.21. The molecule has 1 aliphatic heterocycles. The van der Waals surface area contributed by atoms with E-state index in [4.69, 9.17) is 4.42 Å². The van der Waals surface area contributed by atoms with Crippen molar-refractivity contribution in [3.63, 3.8) is 0 Å². The monoisotopic (exact) mass is 288 g/mol. The second-order valence-electron chi connectivity index (χ2n) is 5.27. The Morgan fingerprint density at radius 3 is 3.10 bits per heavy atom. The van der Waals surface area contributed by atoms with Crippen LogP contribution in [0.3, 0.4) is 0 Å². The van der Waals surface area contributed by atoms with Crippen LogP contribution in [0.4, 0.5) is 0 Å². The summed E-state index contributed by atoms with van der Waals surface area (Å²) in [5, 5.41) is 0. The van der Waals surface area contributed by atoms with Crippen LogP contribution in [0, 0.1) is 0 Å². The van der Waals surface area contributed by atoms with Gasteiger partial charge in [-0.25, -0.2) is 4.98 Å². The smallest absolute Gasteiger partial charge is 0.227 e. The number of nitrogens with zero attached hydrogens (tertiary/aromatic N) is 3. The lowest BCUT2D eigenvalue weighted by atomic mass is 10.1. The Labute approximate surface area is 123 Å². The quantitative estimate of drug-likeness (QED) is 0.925. The normalized spacial score (nSPS) is 19.9. The number of aromatic amines is 1. The number of carbonyl (C=O) groups is 1. The highest BCUT2D eigenvalue weighted by Gasteiger charge is 2.31. The van der Waals surface area contributed by atoms with Crippen molar-refractivity contribution in [3.05, 3.63) is 42.4 Å². The molecule has 1 fully saturated rings. The fourth-order valence-corrected chi connectivity index (χ4v) is 2.82. The molecule has 0 bridgehead atoms. The number of H-pyrrole nitrogens is 1. The van der Waals surface area contributed by atoms with E-state index in [9.17, 15) is 4.79 Å². The summed E-state index contributed by atoms with van der Waals surface area (Å²) in [6, 6.07) is 1.98. The maximum atomic E-state index is 12.4. The predicted octanol–water partition coefficient (Wildman–Crippen LogP) is 1.45. The summed E-state index contributed by atoms with van der Waals surface area (Å²) in [5.41, 5.74) is 0.924. The van der Waals surface area contributed by atoms with Crippen LogP contribution in [-0.2, 0) is 11.2 Å². The number of rotatable bonds is 4. The molecule has 1 amide bonds. The zero-order valence-corrected chi connectivity index (χ0v) is 12.2. The van der Waals surface area contributed by atoms with Crippen molar-refractivity contribution in [1.82, 2.24) is 19.8 Å². The van der Waals surface area contributed by atoms with Crippen LogP contribution in [0.1, 0.15) is 24.4 Å². The lowest BCUT2D eigenvalue weighted by Gasteiger charge is -2.40. The van der Waals surface area contributed by atoms with Crippen LogP contribution in [0.2, 0.25) is 0 Å². The first-order valence-electron chi connectivity index (χ1n) is 7.30. The first kappa shape index (κ1) is 13.9. The zero-order chi connectivity index (χ0) is 14.7. The van der Waals surface area contributed by atoms with E-state index in [1.165, 1.54) is 0 Å². The van der Waals surface area contributed by atoms with Gasteiger partial charge >= 0.3 is 0 Å². The molecular weight excluding hydrogens is 268 g/mol. The Bertz CT molecular complexity index is 565. The lowest BCUT2D eigenvalue weighted by molar-refractivity contribution is -0.133. The Kier molecular flexibility index (Phi) is 4.06. The largest absolute Gasteiger partial charge is 0.472 e. The minimum atomic E-state index is 0.142. The van der Waals surface area contributed by atoms with Crippen LogP contribution >= 0.6 is 0 Å². The molecule has 0 aromatic carbocycles. The average Bonchev–Trinajstić information content (AvgIpc) is 3.19. The molecule has 1 unspecified atom stereocenters. The molecule has 1 saturated heterocycles. The van der Waals surface area contributed by atoms with Crippen LogP contribution in [0.15, 0.2) is 35.4 Å². The molecular formula is C15H20N4O2. The van der Waals surface area contributed by atoms with Gasteiger partial charge in [0.15, 0.2) is 0 Å². The lowest BCUT2D eigenvalue weighted by Crippen LogP contribution is -2.51. The van der Waals surface area contributed by atoms with E-state index < -0.39 is 0 Å². The van der Waals surface area contributed by atoms with Crippen molar-refractivity contribution in [2.24, 2.45) is 0 Å². The molecule has 1 atom stereocenters. The van der Waals surface area contributed by atoms with Gasteiger partial charge in [-0.1, -0.05) is 6.92 Å². The molecule has 3 heterocycles. The molecule has 1 aliphatic rings. The standard InChI is InChI=1S/C15H20N4O2/c1-2-18-6-7-19(10-13(18)15-16-4-5-17-15)14(20)9-12-3-8-21-11-12/h3-5,8,11,13H,2,6-7,9-10H2,1H3,(H,16,17). The third-order valence-electron chi connectivity index (χ3n) is 4.02.